The van der Waals surface area contributed by atoms with E-state index in [1.165, 1.54) is 0 Å². The first-order valence-electron chi connectivity index (χ1n) is 6.65. The minimum atomic E-state index is -3.84. The van der Waals surface area contributed by atoms with Crippen LogP contribution in [0.15, 0.2) is 0 Å². The van der Waals surface area contributed by atoms with Crippen molar-refractivity contribution in [1.29, 1.82) is 0 Å². The molecular weight excluding hydrogens is 239 g/mol. The van der Waals surface area contributed by atoms with Crippen LogP contribution in [-0.4, -0.2) is 26.8 Å². The van der Waals surface area contributed by atoms with Gasteiger partial charge in [-0.25, -0.2) is 0 Å². The highest BCUT2D eigenvalue weighted by atomic mass is 31.2. The van der Waals surface area contributed by atoms with Crippen molar-refractivity contribution < 1.29 is 19.7 Å². The minimum absolute atomic E-state index is 0.298. The molecule has 2 unspecified atom stereocenters. The minimum Gasteiger partial charge on any atom is -0.383 e. The van der Waals surface area contributed by atoms with Gasteiger partial charge in [-0.15, -0.1) is 0 Å². The van der Waals surface area contributed by atoms with Crippen molar-refractivity contribution >= 4 is 7.37 Å². The molecule has 0 radical (unpaired) electrons. The van der Waals surface area contributed by atoms with Crippen molar-refractivity contribution in [2.75, 3.05) is 0 Å². The first kappa shape index (κ1) is 17.1. The zero-order valence-electron chi connectivity index (χ0n) is 11.0. The molecule has 0 bridgehead atoms. The lowest BCUT2D eigenvalue weighted by Gasteiger charge is -2.23. The number of rotatable bonds is 10. The molecule has 104 valence electrons. The molecule has 2 atom stereocenters. The largest absolute Gasteiger partial charge is 0.383 e. The van der Waals surface area contributed by atoms with Crippen LogP contribution in [0.25, 0.3) is 0 Å². The Morgan fingerprint density at radius 3 is 1.53 bits per heavy atom. The summed E-state index contributed by atoms with van der Waals surface area (Å²) >= 11 is 0. The third kappa shape index (κ3) is 6.56. The van der Waals surface area contributed by atoms with E-state index in [0.29, 0.717) is 12.8 Å². The molecule has 0 aromatic rings. The number of unbranched alkanes of at least 4 members (excludes halogenated alkanes) is 4. The van der Waals surface area contributed by atoms with Gasteiger partial charge in [0.1, 0.15) is 11.7 Å². The van der Waals surface area contributed by atoms with Gasteiger partial charge in [0.05, 0.1) is 0 Å². The molecule has 0 aromatic carbocycles. The molecule has 4 nitrogen and oxygen atoms in total. The second-order valence-electron chi connectivity index (χ2n) is 4.63. The van der Waals surface area contributed by atoms with E-state index in [0.717, 1.165) is 38.5 Å². The van der Waals surface area contributed by atoms with E-state index in [9.17, 15) is 19.7 Å². The van der Waals surface area contributed by atoms with Crippen LogP contribution in [0, 0.1) is 0 Å². The molecule has 0 spiro atoms. The van der Waals surface area contributed by atoms with E-state index in [2.05, 4.69) is 0 Å². The monoisotopic (exact) mass is 266 g/mol. The van der Waals surface area contributed by atoms with Crippen LogP contribution in [0.1, 0.15) is 65.2 Å². The second-order valence-corrected chi connectivity index (χ2v) is 7.16. The van der Waals surface area contributed by atoms with Crippen LogP contribution in [0.4, 0.5) is 0 Å². The van der Waals surface area contributed by atoms with Crippen LogP contribution in [-0.2, 0) is 4.57 Å². The van der Waals surface area contributed by atoms with Gasteiger partial charge in [-0.2, -0.15) is 0 Å². The van der Waals surface area contributed by atoms with Gasteiger partial charge >= 0.3 is 0 Å². The molecular formula is C12H27O4P. The number of aliphatic hydroxyl groups is 2. The molecule has 0 aliphatic rings. The predicted molar refractivity (Wildman–Crippen MR) is 70.1 cm³/mol. The average Bonchev–Trinajstić information content (AvgIpc) is 2.29. The summed E-state index contributed by atoms with van der Waals surface area (Å²) in [5, 5.41) is 19.3. The Labute approximate surface area is 105 Å². The van der Waals surface area contributed by atoms with Gasteiger partial charge in [0.25, 0.3) is 7.37 Å². The Balaban J connectivity index is 4.08. The molecule has 3 N–H and O–H groups in total. The van der Waals surface area contributed by atoms with Crippen molar-refractivity contribution in [1.82, 2.24) is 0 Å². The van der Waals surface area contributed by atoms with Crippen molar-refractivity contribution in [2.24, 2.45) is 0 Å². The molecule has 0 saturated carbocycles. The van der Waals surface area contributed by atoms with Crippen molar-refractivity contribution in [3.05, 3.63) is 0 Å². The van der Waals surface area contributed by atoms with Gasteiger partial charge < -0.3 is 15.1 Å². The van der Waals surface area contributed by atoms with E-state index in [-0.39, 0.29) is 0 Å². The highest BCUT2D eigenvalue weighted by molar-refractivity contribution is 7.59. The van der Waals surface area contributed by atoms with Crippen LogP contribution >= 0.6 is 7.37 Å². The van der Waals surface area contributed by atoms with Gasteiger partial charge in [-0.3, -0.25) is 4.57 Å². The molecule has 0 heterocycles. The fourth-order valence-electron chi connectivity index (χ4n) is 1.72. The van der Waals surface area contributed by atoms with Gasteiger partial charge in [0, 0.05) is 0 Å². The lowest BCUT2D eigenvalue weighted by molar-refractivity contribution is 0.170. The van der Waals surface area contributed by atoms with Gasteiger partial charge in [0.2, 0.25) is 0 Å². The molecule has 0 aliphatic carbocycles. The van der Waals surface area contributed by atoms with Crippen LogP contribution in [0.2, 0.25) is 0 Å². The van der Waals surface area contributed by atoms with Crippen molar-refractivity contribution in [2.45, 2.75) is 76.9 Å². The van der Waals surface area contributed by atoms with Gasteiger partial charge in [-0.05, 0) is 12.8 Å². The zero-order chi connectivity index (χ0) is 13.3. The van der Waals surface area contributed by atoms with Crippen molar-refractivity contribution in [3.63, 3.8) is 0 Å². The summed E-state index contributed by atoms with van der Waals surface area (Å²) in [5.41, 5.74) is 0. The maximum atomic E-state index is 11.9. The quantitative estimate of drug-likeness (QED) is 0.419. The molecule has 0 amide bonds. The molecule has 0 aromatic heterocycles. The smallest absolute Gasteiger partial charge is 0.255 e. The summed E-state index contributed by atoms with van der Waals surface area (Å²) in [6.45, 7) is 4.06. The third-order valence-corrected chi connectivity index (χ3v) is 5.21. The lowest BCUT2D eigenvalue weighted by Crippen LogP contribution is -2.18. The summed E-state index contributed by atoms with van der Waals surface area (Å²) in [4.78, 5) is 9.71. The SMILES string of the molecule is CCCCCC(O)P(=O)(O)C(O)CCCCC. The summed E-state index contributed by atoms with van der Waals surface area (Å²) < 4.78 is 11.9. The Hall–Kier alpha value is 0.110. The molecule has 17 heavy (non-hydrogen) atoms. The van der Waals surface area contributed by atoms with Crippen LogP contribution in [0.3, 0.4) is 0 Å². The van der Waals surface area contributed by atoms with Crippen LogP contribution < -0.4 is 0 Å². The molecule has 0 saturated heterocycles. The maximum absolute atomic E-state index is 11.9. The lowest BCUT2D eigenvalue weighted by atomic mass is 10.2. The van der Waals surface area contributed by atoms with E-state index >= 15 is 0 Å². The normalized spacial score (nSPS) is 18.6. The van der Waals surface area contributed by atoms with E-state index in [1.807, 2.05) is 13.8 Å². The maximum Gasteiger partial charge on any atom is 0.255 e. The number of hydrogen-bond acceptors (Lipinski definition) is 3. The molecule has 5 heteroatoms. The number of aliphatic hydroxyl groups excluding tert-OH is 2. The second kappa shape index (κ2) is 9.09. The molecule has 0 fully saturated rings. The standard InChI is InChI=1S/C12H27O4P/c1-3-5-7-9-11(13)17(15,16)12(14)10-8-6-4-2/h11-14H,3-10H2,1-2H3,(H,15,16). The van der Waals surface area contributed by atoms with E-state index in [1.54, 1.807) is 0 Å². The fourth-order valence-corrected chi connectivity index (χ4v) is 3.22. The predicted octanol–water partition coefficient (Wildman–Crippen LogP) is 3.05. The first-order chi connectivity index (χ1) is 7.96. The average molecular weight is 266 g/mol. The fraction of sp³-hybridized carbons (Fsp3) is 1.00. The Kier molecular flexibility index (Phi) is 9.15. The summed E-state index contributed by atoms with van der Waals surface area (Å²) in [5.74, 6) is -2.55. The van der Waals surface area contributed by atoms with E-state index < -0.39 is 19.1 Å². The Morgan fingerprint density at radius 2 is 1.24 bits per heavy atom. The summed E-state index contributed by atoms with van der Waals surface area (Å²) in [6, 6.07) is 0. The molecule has 0 rings (SSSR count). The summed E-state index contributed by atoms with van der Waals surface area (Å²) in [6.07, 6.45) is 5.92. The topological polar surface area (TPSA) is 77.8 Å². The zero-order valence-corrected chi connectivity index (χ0v) is 11.9. The van der Waals surface area contributed by atoms with Gasteiger partial charge in [-0.1, -0.05) is 52.4 Å². The highest BCUT2D eigenvalue weighted by Gasteiger charge is 2.36. The van der Waals surface area contributed by atoms with Crippen molar-refractivity contribution in [3.8, 4) is 0 Å². The first-order valence-corrected chi connectivity index (χ1v) is 8.44. The van der Waals surface area contributed by atoms with Gasteiger partial charge in [0.15, 0.2) is 0 Å². The Bertz CT molecular complexity index is 213. The summed E-state index contributed by atoms with van der Waals surface area (Å²) in [7, 11) is -3.84. The Morgan fingerprint density at radius 1 is 0.882 bits per heavy atom. The van der Waals surface area contributed by atoms with Crippen LogP contribution in [0.5, 0.6) is 0 Å². The third-order valence-electron chi connectivity index (χ3n) is 2.99. The molecule has 0 aliphatic heterocycles. The van der Waals surface area contributed by atoms with E-state index in [4.69, 9.17) is 0 Å². The highest BCUT2D eigenvalue weighted by Crippen LogP contribution is 2.52. The number of hydrogen-bond donors (Lipinski definition) is 3.